The molecular weight excluding hydrogens is 436 g/mol. The summed E-state index contributed by atoms with van der Waals surface area (Å²) in [6.45, 7) is 1.79. The summed E-state index contributed by atoms with van der Waals surface area (Å²) in [6, 6.07) is 9.34. The Balaban J connectivity index is 1.63. The summed E-state index contributed by atoms with van der Waals surface area (Å²) in [5.41, 5.74) is 3.54. The van der Waals surface area contributed by atoms with Gasteiger partial charge in [0.2, 0.25) is 11.8 Å². The van der Waals surface area contributed by atoms with Crippen molar-refractivity contribution in [2.75, 3.05) is 37.6 Å². The zero-order valence-corrected chi connectivity index (χ0v) is 19.0. The largest absolute Gasteiger partial charge is 0.612 e. The van der Waals surface area contributed by atoms with Crippen LogP contribution in [0.1, 0.15) is 11.3 Å². The van der Waals surface area contributed by atoms with Gasteiger partial charge in [0.1, 0.15) is 17.0 Å². The normalized spacial score (nSPS) is 14.6. The van der Waals surface area contributed by atoms with Gasteiger partial charge in [-0.3, -0.25) is 0 Å². The van der Waals surface area contributed by atoms with E-state index in [9.17, 15) is 4.55 Å². The van der Waals surface area contributed by atoms with Crippen molar-refractivity contribution >= 4 is 45.9 Å². The van der Waals surface area contributed by atoms with E-state index in [1.54, 1.807) is 19.4 Å². The van der Waals surface area contributed by atoms with Crippen LogP contribution in [0.25, 0.3) is 0 Å². The minimum atomic E-state index is -1.16. The molecule has 31 heavy (non-hydrogen) atoms. The molecule has 3 aromatic rings. The summed E-state index contributed by atoms with van der Waals surface area (Å²) in [7, 11) is 3.67. The summed E-state index contributed by atoms with van der Waals surface area (Å²) in [5.74, 6) is 1.23. The second-order valence-corrected chi connectivity index (χ2v) is 8.98. The molecule has 4 rings (SSSR count). The van der Waals surface area contributed by atoms with Crippen LogP contribution < -0.4 is 15.4 Å². The highest BCUT2D eigenvalue weighted by atomic mass is 35.5. The van der Waals surface area contributed by atoms with Crippen LogP contribution in [0.2, 0.25) is 5.02 Å². The van der Waals surface area contributed by atoms with Gasteiger partial charge in [0.25, 0.3) is 0 Å². The standard InChI is InChI=1S/C21H23ClN6O2S/c1-28-9-8-15-13(12-28)10-17(20(25-15)30-2)26-21-23-11-14(22)19(27-21)24-16-6-4-5-7-18(16)31(3)29/h4-7,10-11H,8-9,12H2,1-3H3,(H2,23,24,26,27). The molecule has 0 bridgehead atoms. The fraction of sp³-hybridized carbons (Fsp3) is 0.286. The van der Waals surface area contributed by atoms with Gasteiger partial charge in [-0.2, -0.15) is 4.98 Å². The molecule has 1 aromatic carbocycles. The fourth-order valence-electron chi connectivity index (χ4n) is 3.42. The maximum atomic E-state index is 12.0. The lowest BCUT2D eigenvalue weighted by molar-refractivity contribution is 0.307. The van der Waals surface area contributed by atoms with Crippen molar-refractivity contribution in [3.63, 3.8) is 0 Å². The third-order valence-electron chi connectivity index (χ3n) is 4.96. The number of nitrogens with one attached hydrogen (secondary N) is 2. The van der Waals surface area contributed by atoms with E-state index in [-0.39, 0.29) is 0 Å². The molecule has 0 amide bonds. The van der Waals surface area contributed by atoms with Crippen molar-refractivity contribution in [1.82, 2.24) is 19.9 Å². The molecule has 10 heteroatoms. The Morgan fingerprint density at radius 1 is 1.19 bits per heavy atom. The van der Waals surface area contributed by atoms with Gasteiger partial charge in [0.05, 0.1) is 24.7 Å². The molecule has 162 valence electrons. The van der Waals surface area contributed by atoms with Crippen LogP contribution in [0, 0.1) is 0 Å². The number of fused-ring (bicyclic) bond motifs is 1. The average molecular weight is 459 g/mol. The van der Waals surface area contributed by atoms with E-state index in [2.05, 4.69) is 37.5 Å². The topological polar surface area (TPSA) is 98.3 Å². The Kier molecular flexibility index (Phi) is 6.47. The van der Waals surface area contributed by atoms with Gasteiger partial charge in [-0.15, -0.1) is 0 Å². The van der Waals surface area contributed by atoms with E-state index < -0.39 is 11.2 Å². The summed E-state index contributed by atoms with van der Waals surface area (Å²) in [5, 5.41) is 6.70. The second kappa shape index (κ2) is 9.27. The fourth-order valence-corrected chi connectivity index (χ4v) is 4.26. The second-order valence-electron chi connectivity index (χ2n) is 7.23. The van der Waals surface area contributed by atoms with E-state index in [4.69, 9.17) is 16.3 Å². The molecule has 0 spiro atoms. The first-order valence-corrected chi connectivity index (χ1v) is 11.6. The predicted molar refractivity (Wildman–Crippen MR) is 123 cm³/mol. The summed E-state index contributed by atoms with van der Waals surface area (Å²) >= 11 is 5.16. The Hall–Kier alpha value is -2.59. The number of likely N-dealkylation sites (N-methyl/N-ethyl adjacent to an activating group) is 1. The first-order chi connectivity index (χ1) is 14.9. The van der Waals surface area contributed by atoms with Gasteiger partial charge in [0, 0.05) is 19.5 Å². The number of benzene rings is 1. The van der Waals surface area contributed by atoms with Crippen LogP contribution in [-0.2, 0) is 24.1 Å². The van der Waals surface area contributed by atoms with Crippen molar-refractivity contribution in [3.05, 3.63) is 52.8 Å². The lowest BCUT2D eigenvalue weighted by Gasteiger charge is -2.25. The highest BCUT2D eigenvalue weighted by Gasteiger charge is 2.19. The molecule has 0 aliphatic carbocycles. The number of rotatable bonds is 6. The van der Waals surface area contributed by atoms with E-state index in [1.807, 2.05) is 24.3 Å². The number of halogens is 1. The molecule has 1 aliphatic heterocycles. The first kappa shape index (κ1) is 21.6. The van der Waals surface area contributed by atoms with E-state index in [1.165, 1.54) is 6.20 Å². The van der Waals surface area contributed by atoms with Crippen molar-refractivity contribution in [3.8, 4) is 5.88 Å². The lowest BCUT2D eigenvalue weighted by Crippen LogP contribution is -2.27. The number of methoxy groups -OCH3 is 1. The molecule has 0 saturated carbocycles. The predicted octanol–water partition coefficient (Wildman–Crippen LogP) is 3.75. The number of nitrogens with zero attached hydrogens (tertiary/aromatic N) is 4. The molecule has 3 heterocycles. The van der Waals surface area contributed by atoms with Gasteiger partial charge in [0.15, 0.2) is 10.7 Å². The van der Waals surface area contributed by atoms with E-state index in [0.717, 1.165) is 30.8 Å². The van der Waals surface area contributed by atoms with Crippen LogP contribution in [0.5, 0.6) is 5.88 Å². The van der Waals surface area contributed by atoms with Crippen LogP contribution in [-0.4, -0.2) is 51.4 Å². The molecule has 0 radical (unpaired) electrons. The maximum Gasteiger partial charge on any atom is 0.237 e. The average Bonchev–Trinajstić information content (AvgIpc) is 2.75. The Morgan fingerprint density at radius 2 is 2.00 bits per heavy atom. The van der Waals surface area contributed by atoms with E-state index >= 15 is 0 Å². The Labute approximate surface area is 189 Å². The number of hydrogen-bond acceptors (Lipinski definition) is 8. The third kappa shape index (κ3) is 4.85. The highest BCUT2D eigenvalue weighted by Crippen LogP contribution is 2.32. The summed E-state index contributed by atoms with van der Waals surface area (Å²) < 4.78 is 17.5. The molecule has 1 atom stereocenters. The molecule has 0 saturated heterocycles. The van der Waals surface area contributed by atoms with Crippen LogP contribution in [0.4, 0.5) is 23.1 Å². The third-order valence-corrected chi connectivity index (χ3v) is 6.21. The molecule has 2 N–H and O–H groups in total. The number of anilines is 4. The molecular formula is C21H23ClN6O2S. The van der Waals surface area contributed by atoms with Crippen molar-refractivity contribution in [1.29, 1.82) is 0 Å². The summed E-state index contributed by atoms with van der Waals surface area (Å²) in [4.78, 5) is 16.4. The minimum absolute atomic E-state index is 0.339. The van der Waals surface area contributed by atoms with E-state index in [0.29, 0.717) is 38.9 Å². The van der Waals surface area contributed by atoms with Gasteiger partial charge < -0.3 is 24.8 Å². The number of ether oxygens (including phenoxy) is 1. The zero-order valence-electron chi connectivity index (χ0n) is 17.5. The van der Waals surface area contributed by atoms with Crippen LogP contribution in [0.15, 0.2) is 41.4 Å². The smallest absolute Gasteiger partial charge is 0.237 e. The van der Waals surface area contributed by atoms with Crippen molar-refractivity contribution < 1.29 is 9.29 Å². The molecule has 0 fully saturated rings. The van der Waals surface area contributed by atoms with Crippen LogP contribution >= 0.6 is 11.6 Å². The molecule has 2 aromatic heterocycles. The van der Waals surface area contributed by atoms with Gasteiger partial charge in [-0.05, 0) is 42.0 Å². The molecule has 1 aliphatic rings. The van der Waals surface area contributed by atoms with Gasteiger partial charge in [-0.25, -0.2) is 9.97 Å². The zero-order chi connectivity index (χ0) is 22.0. The Bertz CT molecular complexity index is 1100. The number of para-hydroxylation sites is 1. The Morgan fingerprint density at radius 3 is 2.77 bits per heavy atom. The maximum absolute atomic E-state index is 12.0. The monoisotopic (exact) mass is 458 g/mol. The van der Waals surface area contributed by atoms with Crippen molar-refractivity contribution in [2.24, 2.45) is 0 Å². The molecule has 1 unspecified atom stereocenters. The van der Waals surface area contributed by atoms with Gasteiger partial charge >= 0.3 is 0 Å². The quantitative estimate of drug-likeness (QED) is 0.539. The minimum Gasteiger partial charge on any atom is -0.612 e. The van der Waals surface area contributed by atoms with Gasteiger partial charge in [-0.1, -0.05) is 23.7 Å². The lowest BCUT2D eigenvalue weighted by atomic mass is 10.1. The molecule has 8 nitrogen and oxygen atoms in total. The SMILES string of the molecule is COc1nc2c(cc1Nc1ncc(Cl)c(Nc3ccccc3[S+](C)[O-])n1)CN(C)CC2. The number of pyridine rings is 1. The first-order valence-electron chi connectivity index (χ1n) is 9.69. The number of aromatic nitrogens is 3. The highest BCUT2D eigenvalue weighted by molar-refractivity contribution is 7.90. The van der Waals surface area contributed by atoms with Crippen LogP contribution in [0.3, 0.4) is 0 Å². The van der Waals surface area contributed by atoms with Crippen molar-refractivity contribution in [2.45, 2.75) is 17.9 Å². The number of hydrogen-bond donors (Lipinski definition) is 2. The summed E-state index contributed by atoms with van der Waals surface area (Å²) in [6.07, 6.45) is 4.02.